The summed E-state index contributed by atoms with van der Waals surface area (Å²) in [7, 11) is 0. The zero-order chi connectivity index (χ0) is 18.5. The SMILES string of the molecule is Clc1ccc(COc2c(Cl)cc(CNc3ccccc3)cc2Cl)c(Cl)c1. The van der Waals surface area contributed by atoms with Gasteiger partial charge in [-0.15, -0.1) is 0 Å². The second-order valence-corrected chi connectivity index (χ2v) is 7.29. The van der Waals surface area contributed by atoms with E-state index < -0.39 is 0 Å². The van der Waals surface area contributed by atoms with Gasteiger partial charge in [-0.3, -0.25) is 0 Å². The van der Waals surface area contributed by atoms with Crippen LogP contribution in [0, 0.1) is 0 Å². The van der Waals surface area contributed by atoms with Crippen LogP contribution < -0.4 is 10.1 Å². The summed E-state index contributed by atoms with van der Waals surface area (Å²) in [6, 6.07) is 18.8. The molecule has 3 rings (SSSR count). The van der Waals surface area contributed by atoms with Crippen molar-refractivity contribution in [3.05, 3.63) is 91.9 Å². The Morgan fingerprint density at radius 3 is 2.12 bits per heavy atom. The minimum absolute atomic E-state index is 0.247. The third kappa shape index (κ3) is 4.99. The van der Waals surface area contributed by atoms with Crippen molar-refractivity contribution in [2.75, 3.05) is 5.32 Å². The van der Waals surface area contributed by atoms with Crippen LogP contribution in [0.2, 0.25) is 20.1 Å². The van der Waals surface area contributed by atoms with Crippen molar-refractivity contribution >= 4 is 52.1 Å². The summed E-state index contributed by atoms with van der Waals surface area (Å²) in [6.45, 7) is 0.851. The second-order valence-electron chi connectivity index (χ2n) is 5.63. The number of nitrogens with one attached hydrogen (secondary N) is 1. The molecule has 1 N–H and O–H groups in total. The summed E-state index contributed by atoms with van der Waals surface area (Å²) in [5.41, 5.74) is 2.79. The topological polar surface area (TPSA) is 21.3 Å². The van der Waals surface area contributed by atoms with E-state index in [9.17, 15) is 0 Å². The van der Waals surface area contributed by atoms with Crippen LogP contribution in [-0.4, -0.2) is 0 Å². The average molecular weight is 427 g/mol. The molecule has 0 aliphatic carbocycles. The minimum Gasteiger partial charge on any atom is -0.486 e. The molecule has 0 unspecified atom stereocenters. The highest BCUT2D eigenvalue weighted by atomic mass is 35.5. The molecule has 0 aliphatic rings. The number of rotatable bonds is 6. The Labute approximate surface area is 172 Å². The van der Waals surface area contributed by atoms with E-state index >= 15 is 0 Å². The number of hydrogen-bond donors (Lipinski definition) is 1. The zero-order valence-electron chi connectivity index (χ0n) is 13.6. The van der Waals surface area contributed by atoms with Gasteiger partial charge in [-0.05, 0) is 42.0 Å². The maximum absolute atomic E-state index is 6.36. The Morgan fingerprint density at radius 2 is 1.46 bits per heavy atom. The van der Waals surface area contributed by atoms with E-state index in [1.165, 1.54) is 0 Å². The van der Waals surface area contributed by atoms with E-state index in [2.05, 4.69) is 5.32 Å². The fraction of sp³-hybridized carbons (Fsp3) is 0.100. The van der Waals surface area contributed by atoms with Gasteiger partial charge in [0.05, 0.1) is 10.0 Å². The molecule has 0 saturated heterocycles. The number of anilines is 1. The largest absolute Gasteiger partial charge is 0.486 e. The van der Waals surface area contributed by atoms with Crippen LogP contribution in [0.1, 0.15) is 11.1 Å². The second kappa shape index (κ2) is 8.88. The fourth-order valence-corrected chi connectivity index (χ4v) is 3.51. The van der Waals surface area contributed by atoms with E-state index in [1.807, 2.05) is 48.5 Å². The number of para-hydroxylation sites is 1. The molecule has 0 fully saturated rings. The molecule has 0 heterocycles. The number of halogens is 4. The smallest absolute Gasteiger partial charge is 0.156 e. The molecular weight excluding hydrogens is 412 g/mol. The lowest BCUT2D eigenvalue weighted by Crippen LogP contribution is -2.01. The van der Waals surface area contributed by atoms with Gasteiger partial charge in [0.1, 0.15) is 6.61 Å². The average Bonchev–Trinajstić information content (AvgIpc) is 2.62. The zero-order valence-corrected chi connectivity index (χ0v) is 16.6. The van der Waals surface area contributed by atoms with Gasteiger partial charge in [-0.25, -0.2) is 0 Å². The first-order valence-electron chi connectivity index (χ1n) is 7.86. The van der Waals surface area contributed by atoms with E-state index in [0.29, 0.717) is 32.4 Å². The molecule has 0 aliphatic heterocycles. The van der Waals surface area contributed by atoms with Crippen molar-refractivity contribution in [1.82, 2.24) is 0 Å². The summed E-state index contributed by atoms with van der Waals surface area (Å²) in [5, 5.41) is 5.33. The van der Waals surface area contributed by atoms with Crippen LogP contribution in [0.5, 0.6) is 5.75 Å². The van der Waals surface area contributed by atoms with Gasteiger partial charge in [-0.1, -0.05) is 70.7 Å². The molecule has 0 saturated carbocycles. The first-order valence-corrected chi connectivity index (χ1v) is 9.37. The van der Waals surface area contributed by atoms with Gasteiger partial charge >= 0.3 is 0 Å². The fourth-order valence-electron chi connectivity index (χ4n) is 2.40. The third-order valence-electron chi connectivity index (χ3n) is 3.72. The van der Waals surface area contributed by atoms with Gasteiger partial charge in [0.25, 0.3) is 0 Å². The molecule has 3 aromatic rings. The Bertz CT molecular complexity index is 877. The van der Waals surface area contributed by atoms with Gasteiger partial charge in [0.15, 0.2) is 5.75 Å². The van der Waals surface area contributed by atoms with Crippen molar-refractivity contribution in [2.45, 2.75) is 13.2 Å². The number of benzene rings is 3. The van der Waals surface area contributed by atoms with Crippen molar-refractivity contribution < 1.29 is 4.74 Å². The Hall–Kier alpha value is -1.58. The van der Waals surface area contributed by atoms with E-state index in [4.69, 9.17) is 51.1 Å². The van der Waals surface area contributed by atoms with Crippen LogP contribution in [0.15, 0.2) is 60.7 Å². The highest BCUT2D eigenvalue weighted by Crippen LogP contribution is 2.35. The summed E-state index contributed by atoms with van der Waals surface area (Å²) in [6.07, 6.45) is 0. The van der Waals surface area contributed by atoms with Gasteiger partial charge < -0.3 is 10.1 Å². The molecular formula is C20H15Cl4NO. The Balaban J connectivity index is 1.68. The minimum atomic E-state index is 0.247. The molecule has 0 atom stereocenters. The molecule has 0 aromatic heterocycles. The molecule has 6 heteroatoms. The highest BCUT2D eigenvalue weighted by molar-refractivity contribution is 6.37. The van der Waals surface area contributed by atoms with Crippen molar-refractivity contribution in [3.8, 4) is 5.75 Å². The van der Waals surface area contributed by atoms with E-state index in [-0.39, 0.29) is 6.61 Å². The van der Waals surface area contributed by atoms with Crippen LogP contribution in [0.3, 0.4) is 0 Å². The van der Waals surface area contributed by atoms with Crippen molar-refractivity contribution in [3.63, 3.8) is 0 Å². The van der Waals surface area contributed by atoms with E-state index in [1.54, 1.807) is 12.1 Å². The van der Waals surface area contributed by atoms with Crippen LogP contribution in [0.4, 0.5) is 5.69 Å². The summed E-state index contributed by atoms with van der Waals surface area (Å²) in [4.78, 5) is 0. The molecule has 0 bridgehead atoms. The van der Waals surface area contributed by atoms with Gasteiger partial charge in [0, 0.05) is 27.8 Å². The quantitative estimate of drug-likeness (QED) is 0.440. The molecule has 134 valence electrons. The Morgan fingerprint density at radius 1 is 0.769 bits per heavy atom. The highest BCUT2D eigenvalue weighted by Gasteiger charge is 2.11. The lowest BCUT2D eigenvalue weighted by atomic mass is 10.2. The van der Waals surface area contributed by atoms with Crippen LogP contribution in [-0.2, 0) is 13.2 Å². The number of ether oxygens (including phenoxy) is 1. The van der Waals surface area contributed by atoms with Crippen LogP contribution in [0.25, 0.3) is 0 Å². The molecule has 0 amide bonds. The molecule has 3 aromatic carbocycles. The van der Waals surface area contributed by atoms with Crippen molar-refractivity contribution in [1.29, 1.82) is 0 Å². The number of hydrogen-bond acceptors (Lipinski definition) is 2. The lowest BCUT2D eigenvalue weighted by molar-refractivity contribution is 0.306. The third-order valence-corrected chi connectivity index (χ3v) is 4.86. The predicted octanol–water partition coefficient (Wildman–Crippen LogP) is 7.49. The Kier molecular flexibility index (Phi) is 6.55. The first-order chi connectivity index (χ1) is 12.5. The van der Waals surface area contributed by atoms with E-state index in [0.717, 1.165) is 16.8 Å². The van der Waals surface area contributed by atoms with Crippen LogP contribution >= 0.6 is 46.4 Å². The molecule has 2 nitrogen and oxygen atoms in total. The summed E-state index contributed by atoms with van der Waals surface area (Å²) >= 11 is 24.8. The first kappa shape index (κ1) is 19.2. The standard InChI is InChI=1S/C20H15Cl4NO/c21-15-7-6-14(17(22)10-15)12-26-20-18(23)8-13(9-19(20)24)11-25-16-4-2-1-3-5-16/h1-10,25H,11-12H2. The summed E-state index contributed by atoms with van der Waals surface area (Å²) < 4.78 is 5.78. The summed E-state index contributed by atoms with van der Waals surface area (Å²) in [5.74, 6) is 0.433. The predicted molar refractivity (Wildman–Crippen MR) is 111 cm³/mol. The van der Waals surface area contributed by atoms with Gasteiger partial charge in [0.2, 0.25) is 0 Å². The van der Waals surface area contributed by atoms with Crippen molar-refractivity contribution in [2.24, 2.45) is 0 Å². The maximum atomic E-state index is 6.36. The molecule has 0 radical (unpaired) electrons. The molecule has 0 spiro atoms. The van der Waals surface area contributed by atoms with Gasteiger partial charge in [-0.2, -0.15) is 0 Å². The maximum Gasteiger partial charge on any atom is 0.156 e. The normalized spacial score (nSPS) is 10.6. The lowest BCUT2D eigenvalue weighted by Gasteiger charge is -2.13. The molecule has 26 heavy (non-hydrogen) atoms. The monoisotopic (exact) mass is 425 g/mol.